The van der Waals surface area contributed by atoms with Gasteiger partial charge in [0.05, 0.1) is 18.8 Å². The Morgan fingerprint density at radius 1 is 1.31 bits per heavy atom. The highest BCUT2D eigenvalue weighted by atomic mass is 16.5. The largest absolute Gasteiger partial charge is 0.375 e. The van der Waals surface area contributed by atoms with Gasteiger partial charge in [-0.1, -0.05) is 30.3 Å². The van der Waals surface area contributed by atoms with Crippen molar-refractivity contribution in [2.75, 3.05) is 13.2 Å². The molecule has 1 aliphatic heterocycles. The van der Waals surface area contributed by atoms with Crippen LogP contribution >= 0.6 is 0 Å². The van der Waals surface area contributed by atoms with E-state index < -0.39 is 0 Å². The van der Waals surface area contributed by atoms with Crippen LogP contribution in [-0.2, 0) is 4.74 Å². The van der Waals surface area contributed by atoms with E-state index in [1.54, 1.807) is 0 Å². The summed E-state index contributed by atoms with van der Waals surface area (Å²) in [5.41, 5.74) is 1.31. The predicted octanol–water partition coefficient (Wildman–Crippen LogP) is 1.74. The first-order chi connectivity index (χ1) is 6.36. The van der Waals surface area contributed by atoms with Gasteiger partial charge >= 0.3 is 0 Å². The van der Waals surface area contributed by atoms with E-state index >= 15 is 0 Å². The number of hydrogen-bond donors (Lipinski definition) is 1. The van der Waals surface area contributed by atoms with Gasteiger partial charge in [0, 0.05) is 6.54 Å². The van der Waals surface area contributed by atoms with Gasteiger partial charge in [-0.05, 0) is 12.5 Å². The Bertz CT molecular complexity index is 252. The molecule has 1 N–H and O–H groups in total. The van der Waals surface area contributed by atoms with Crippen molar-refractivity contribution in [1.29, 1.82) is 0 Å². The molecule has 0 saturated carbocycles. The molecule has 2 rings (SSSR count). The summed E-state index contributed by atoms with van der Waals surface area (Å²) >= 11 is 0. The summed E-state index contributed by atoms with van der Waals surface area (Å²) in [6.07, 6.45) is 0.347. The highest BCUT2D eigenvalue weighted by molar-refractivity contribution is 5.19. The Morgan fingerprint density at radius 3 is 2.69 bits per heavy atom. The lowest BCUT2D eigenvalue weighted by Crippen LogP contribution is -2.39. The third-order valence-corrected chi connectivity index (χ3v) is 2.40. The molecule has 0 aromatic heterocycles. The van der Waals surface area contributed by atoms with Crippen LogP contribution < -0.4 is 5.32 Å². The van der Waals surface area contributed by atoms with Gasteiger partial charge in [0.25, 0.3) is 0 Å². The Hall–Kier alpha value is -0.860. The summed E-state index contributed by atoms with van der Waals surface area (Å²) in [6.45, 7) is 3.82. The minimum atomic E-state index is 0.347. The predicted molar refractivity (Wildman–Crippen MR) is 52.6 cm³/mol. The molecule has 2 atom stereocenters. The normalized spacial score (nSPS) is 28.7. The first-order valence-corrected chi connectivity index (χ1v) is 4.76. The molecule has 70 valence electrons. The lowest BCUT2D eigenvalue weighted by molar-refractivity contribution is 0.0149. The van der Waals surface area contributed by atoms with E-state index in [0.29, 0.717) is 12.1 Å². The number of morpholine rings is 1. The fourth-order valence-corrected chi connectivity index (χ4v) is 1.59. The van der Waals surface area contributed by atoms with Gasteiger partial charge in [-0.25, -0.2) is 0 Å². The van der Waals surface area contributed by atoms with Gasteiger partial charge in [0.2, 0.25) is 0 Å². The minimum absolute atomic E-state index is 0.347. The van der Waals surface area contributed by atoms with E-state index in [0.717, 1.165) is 13.2 Å². The van der Waals surface area contributed by atoms with Crippen LogP contribution in [0.4, 0.5) is 0 Å². The summed E-state index contributed by atoms with van der Waals surface area (Å²) in [5.74, 6) is 0. The smallest absolute Gasteiger partial charge is 0.0672 e. The number of benzene rings is 1. The molecule has 1 aromatic carbocycles. The lowest BCUT2D eigenvalue weighted by Gasteiger charge is -2.28. The van der Waals surface area contributed by atoms with Gasteiger partial charge in [0.15, 0.2) is 0 Å². The van der Waals surface area contributed by atoms with E-state index in [9.17, 15) is 0 Å². The molecule has 0 bridgehead atoms. The quantitative estimate of drug-likeness (QED) is 0.705. The topological polar surface area (TPSA) is 21.3 Å². The molecule has 2 nitrogen and oxygen atoms in total. The third kappa shape index (κ3) is 2.08. The van der Waals surface area contributed by atoms with Crippen LogP contribution in [0.3, 0.4) is 0 Å². The van der Waals surface area contributed by atoms with Crippen LogP contribution in [0.15, 0.2) is 30.3 Å². The van der Waals surface area contributed by atoms with Crippen LogP contribution in [0.2, 0.25) is 0 Å². The fourth-order valence-electron chi connectivity index (χ4n) is 1.59. The second-order valence-corrected chi connectivity index (χ2v) is 3.52. The first-order valence-electron chi connectivity index (χ1n) is 4.76. The molecule has 0 amide bonds. The average Bonchev–Trinajstić information content (AvgIpc) is 2.20. The van der Waals surface area contributed by atoms with Gasteiger partial charge in [-0.3, -0.25) is 0 Å². The van der Waals surface area contributed by atoms with E-state index in [1.165, 1.54) is 5.56 Å². The highest BCUT2D eigenvalue weighted by Crippen LogP contribution is 2.16. The maximum Gasteiger partial charge on any atom is 0.0672 e. The zero-order valence-corrected chi connectivity index (χ0v) is 7.86. The second-order valence-electron chi connectivity index (χ2n) is 3.52. The van der Waals surface area contributed by atoms with Crippen LogP contribution in [0, 0.1) is 0 Å². The molecular weight excluding hydrogens is 162 g/mol. The van der Waals surface area contributed by atoms with E-state index in [2.05, 4.69) is 36.5 Å². The molecule has 1 heterocycles. The Labute approximate surface area is 78.9 Å². The fraction of sp³-hybridized carbons (Fsp3) is 0.455. The molecule has 0 radical (unpaired) electrons. The maximum atomic E-state index is 5.58. The van der Waals surface area contributed by atoms with Crippen molar-refractivity contribution in [3.05, 3.63) is 35.9 Å². The summed E-state index contributed by atoms with van der Waals surface area (Å²) in [4.78, 5) is 0. The van der Waals surface area contributed by atoms with E-state index in [-0.39, 0.29) is 0 Å². The molecule has 0 aliphatic carbocycles. The molecule has 13 heavy (non-hydrogen) atoms. The minimum Gasteiger partial charge on any atom is -0.375 e. The van der Waals surface area contributed by atoms with Crippen molar-refractivity contribution in [2.45, 2.75) is 19.1 Å². The summed E-state index contributed by atoms with van der Waals surface area (Å²) < 4.78 is 5.58. The standard InChI is InChI=1S/C11H15NO/c1-9-7-12-11(8-13-9)10-5-3-2-4-6-10/h2-6,9,11-12H,7-8H2,1H3/t9?,11-/m1/s1. The summed E-state index contributed by atoms with van der Waals surface area (Å²) in [6, 6.07) is 10.8. The van der Waals surface area contributed by atoms with Crippen LogP contribution in [-0.4, -0.2) is 19.3 Å². The SMILES string of the molecule is CC1CN[C@@H](c2ccccc2)CO1. The first kappa shape index (κ1) is 8.73. The zero-order chi connectivity index (χ0) is 9.10. The van der Waals surface area contributed by atoms with Crippen molar-refractivity contribution in [2.24, 2.45) is 0 Å². The molecular formula is C11H15NO. The van der Waals surface area contributed by atoms with Crippen molar-refractivity contribution < 1.29 is 4.74 Å². The molecule has 2 heteroatoms. The van der Waals surface area contributed by atoms with Gasteiger partial charge < -0.3 is 10.1 Å². The number of ether oxygens (including phenoxy) is 1. The van der Waals surface area contributed by atoms with Gasteiger partial charge in [-0.2, -0.15) is 0 Å². The lowest BCUT2D eigenvalue weighted by atomic mass is 10.1. The monoisotopic (exact) mass is 177 g/mol. The van der Waals surface area contributed by atoms with E-state index in [1.807, 2.05) is 6.07 Å². The van der Waals surface area contributed by atoms with Crippen molar-refractivity contribution >= 4 is 0 Å². The van der Waals surface area contributed by atoms with Crippen molar-refractivity contribution in [3.8, 4) is 0 Å². The molecule has 1 unspecified atom stereocenters. The Balaban J connectivity index is 2.03. The van der Waals surface area contributed by atoms with Gasteiger partial charge in [0.1, 0.15) is 0 Å². The van der Waals surface area contributed by atoms with Crippen LogP contribution in [0.1, 0.15) is 18.5 Å². The molecule has 1 aliphatic rings. The summed E-state index contributed by atoms with van der Waals surface area (Å²) in [7, 11) is 0. The zero-order valence-electron chi connectivity index (χ0n) is 7.86. The maximum absolute atomic E-state index is 5.58. The average molecular weight is 177 g/mol. The van der Waals surface area contributed by atoms with Crippen molar-refractivity contribution in [1.82, 2.24) is 5.32 Å². The Morgan fingerprint density at radius 2 is 2.08 bits per heavy atom. The van der Waals surface area contributed by atoms with Crippen LogP contribution in [0.25, 0.3) is 0 Å². The highest BCUT2D eigenvalue weighted by Gasteiger charge is 2.18. The van der Waals surface area contributed by atoms with Crippen molar-refractivity contribution in [3.63, 3.8) is 0 Å². The molecule has 1 saturated heterocycles. The Kier molecular flexibility index (Phi) is 2.62. The molecule has 1 fully saturated rings. The second kappa shape index (κ2) is 3.90. The number of hydrogen-bond acceptors (Lipinski definition) is 2. The molecule has 0 spiro atoms. The molecule has 1 aromatic rings. The van der Waals surface area contributed by atoms with Crippen LogP contribution in [0.5, 0.6) is 0 Å². The van der Waals surface area contributed by atoms with Gasteiger partial charge in [-0.15, -0.1) is 0 Å². The number of nitrogens with one attached hydrogen (secondary N) is 1. The summed E-state index contributed by atoms with van der Waals surface area (Å²) in [5, 5.41) is 3.46. The van der Waals surface area contributed by atoms with E-state index in [4.69, 9.17) is 4.74 Å². The third-order valence-electron chi connectivity index (χ3n) is 2.40. The number of rotatable bonds is 1.